The number of hydrogen-bond acceptors (Lipinski definition) is 4. The SMILES string of the molecule is CCN(CC)CCCNCc1coc(-c2ccc(F)cc2)n1. The fourth-order valence-electron chi connectivity index (χ4n) is 2.30. The van der Waals surface area contributed by atoms with E-state index in [9.17, 15) is 4.39 Å². The summed E-state index contributed by atoms with van der Waals surface area (Å²) < 4.78 is 18.3. The molecule has 0 aliphatic carbocycles. The zero-order valence-corrected chi connectivity index (χ0v) is 13.3. The Balaban J connectivity index is 1.74. The molecule has 0 amide bonds. The van der Waals surface area contributed by atoms with Crippen molar-refractivity contribution in [3.63, 3.8) is 0 Å². The van der Waals surface area contributed by atoms with Crippen LogP contribution in [0.4, 0.5) is 4.39 Å². The van der Waals surface area contributed by atoms with Crippen LogP contribution < -0.4 is 5.32 Å². The van der Waals surface area contributed by atoms with E-state index in [-0.39, 0.29) is 5.82 Å². The monoisotopic (exact) mass is 305 g/mol. The molecular formula is C17H24FN3O. The number of hydrogen-bond donors (Lipinski definition) is 1. The van der Waals surface area contributed by atoms with Crippen molar-refractivity contribution in [1.82, 2.24) is 15.2 Å². The Hall–Kier alpha value is -1.72. The molecule has 1 aromatic carbocycles. The van der Waals surface area contributed by atoms with Crippen LogP contribution in [0.5, 0.6) is 0 Å². The molecule has 1 aromatic heterocycles. The van der Waals surface area contributed by atoms with Gasteiger partial charge >= 0.3 is 0 Å². The number of nitrogens with one attached hydrogen (secondary N) is 1. The zero-order chi connectivity index (χ0) is 15.8. The van der Waals surface area contributed by atoms with Crippen LogP contribution in [0.25, 0.3) is 11.5 Å². The third-order valence-electron chi connectivity index (χ3n) is 3.67. The highest BCUT2D eigenvalue weighted by Crippen LogP contribution is 2.18. The first-order valence-corrected chi connectivity index (χ1v) is 7.86. The second kappa shape index (κ2) is 8.66. The van der Waals surface area contributed by atoms with Gasteiger partial charge < -0.3 is 14.6 Å². The molecule has 0 atom stereocenters. The first-order chi connectivity index (χ1) is 10.7. The number of halogens is 1. The largest absolute Gasteiger partial charge is 0.444 e. The van der Waals surface area contributed by atoms with Crippen molar-refractivity contribution < 1.29 is 8.81 Å². The van der Waals surface area contributed by atoms with Crippen molar-refractivity contribution >= 4 is 0 Å². The van der Waals surface area contributed by atoms with Gasteiger partial charge in [-0.15, -0.1) is 0 Å². The van der Waals surface area contributed by atoms with E-state index >= 15 is 0 Å². The molecule has 1 N–H and O–H groups in total. The topological polar surface area (TPSA) is 41.3 Å². The molecule has 0 aliphatic heterocycles. The average molecular weight is 305 g/mol. The molecule has 22 heavy (non-hydrogen) atoms. The lowest BCUT2D eigenvalue weighted by atomic mass is 10.2. The van der Waals surface area contributed by atoms with Crippen molar-refractivity contribution in [3.05, 3.63) is 42.0 Å². The third-order valence-corrected chi connectivity index (χ3v) is 3.67. The van der Waals surface area contributed by atoms with Crippen molar-refractivity contribution in [2.24, 2.45) is 0 Å². The Kier molecular flexibility index (Phi) is 6.55. The van der Waals surface area contributed by atoms with Gasteiger partial charge in [0.1, 0.15) is 12.1 Å². The Bertz CT molecular complexity index is 549. The standard InChI is InChI=1S/C17H24FN3O/c1-3-21(4-2)11-5-10-19-12-16-13-22-17(20-16)14-6-8-15(18)9-7-14/h6-9,13,19H,3-5,10-12H2,1-2H3. The first-order valence-electron chi connectivity index (χ1n) is 7.86. The van der Waals surface area contributed by atoms with Gasteiger partial charge in [0, 0.05) is 12.1 Å². The van der Waals surface area contributed by atoms with E-state index in [1.54, 1.807) is 18.4 Å². The summed E-state index contributed by atoms with van der Waals surface area (Å²) in [5.74, 6) is 0.269. The van der Waals surface area contributed by atoms with Gasteiger partial charge in [0.25, 0.3) is 0 Å². The molecule has 1 heterocycles. The molecule has 0 unspecified atom stereocenters. The summed E-state index contributed by atoms with van der Waals surface area (Å²) in [7, 11) is 0. The van der Waals surface area contributed by atoms with Gasteiger partial charge in [-0.3, -0.25) is 0 Å². The van der Waals surface area contributed by atoms with Crippen LogP contribution in [0, 0.1) is 5.82 Å². The maximum atomic E-state index is 12.9. The Labute approximate surface area is 131 Å². The molecule has 0 aliphatic rings. The minimum Gasteiger partial charge on any atom is -0.444 e. The van der Waals surface area contributed by atoms with Crippen LogP contribution in [0.3, 0.4) is 0 Å². The van der Waals surface area contributed by atoms with E-state index in [0.29, 0.717) is 12.4 Å². The maximum absolute atomic E-state index is 12.9. The van der Waals surface area contributed by atoms with E-state index in [1.807, 2.05) is 0 Å². The highest BCUT2D eigenvalue weighted by molar-refractivity contribution is 5.52. The number of oxazole rings is 1. The fraction of sp³-hybridized carbons (Fsp3) is 0.471. The Morgan fingerprint density at radius 2 is 1.91 bits per heavy atom. The molecule has 120 valence electrons. The predicted molar refractivity (Wildman–Crippen MR) is 86.0 cm³/mol. The van der Waals surface area contributed by atoms with Gasteiger partial charge in [0.05, 0.1) is 5.69 Å². The average Bonchev–Trinajstić information content (AvgIpc) is 3.00. The summed E-state index contributed by atoms with van der Waals surface area (Å²) in [6.07, 6.45) is 2.76. The fourth-order valence-corrected chi connectivity index (χ4v) is 2.30. The summed E-state index contributed by atoms with van der Waals surface area (Å²) >= 11 is 0. The summed E-state index contributed by atoms with van der Waals surface area (Å²) in [5.41, 5.74) is 1.65. The normalized spacial score (nSPS) is 11.3. The van der Waals surface area contributed by atoms with Gasteiger partial charge in [-0.2, -0.15) is 0 Å². The molecule has 0 saturated carbocycles. The van der Waals surface area contributed by atoms with Gasteiger partial charge in [0.15, 0.2) is 0 Å². The van der Waals surface area contributed by atoms with E-state index in [4.69, 9.17) is 4.42 Å². The molecule has 0 spiro atoms. The maximum Gasteiger partial charge on any atom is 0.226 e. The lowest BCUT2D eigenvalue weighted by Crippen LogP contribution is -2.27. The molecule has 0 saturated heterocycles. The van der Waals surface area contributed by atoms with Crippen LogP contribution >= 0.6 is 0 Å². The van der Waals surface area contributed by atoms with Crippen molar-refractivity contribution in [3.8, 4) is 11.5 Å². The molecule has 5 heteroatoms. The lowest BCUT2D eigenvalue weighted by molar-refractivity contribution is 0.298. The molecule has 2 aromatic rings. The van der Waals surface area contributed by atoms with Crippen molar-refractivity contribution in [2.45, 2.75) is 26.8 Å². The van der Waals surface area contributed by atoms with Crippen LogP contribution in [0.1, 0.15) is 26.0 Å². The smallest absolute Gasteiger partial charge is 0.226 e. The molecule has 4 nitrogen and oxygen atoms in total. The summed E-state index contributed by atoms with van der Waals surface area (Å²) in [6.45, 7) is 9.31. The number of rotatable bonds is 9. The molecule has 2 rings (SSSR count). The van der Waals surface area contributed by atoms with Crippen LogP contribution in [0.15, 0.2) is 34.9 Å². The highest BCUT2D eigenvalue weighted by Gasteiger charge is 2.06. The summed E-state index contributed by atoms with van der Waals surface area (Å²) in [6, 6.07) is 6.15. The molecular weight excluding hydrogens is 281 g/mol. The van der Waals surface area contributed by atoms with Crippen molar-refractivity contribution in [2.75, 3.05) is 26.2 Å². The van der Waals surface area contributed by atoms with Gasteiger partial charge in [-0.1, -0.05) is 13.8 Å². The van der Waals surface area contributed by atoms with Crippen molar-refractivity contribution in [1.29, 1.82) is 0 Å². The molecule has 0 radical (unpaired) electrons. The van der Waals surface area contributed by atoms with Crippen LogP contribution in [-0.2, 0) is 6.54 Å². The molecule has 0 fully saturated rings. The second-order valence-electron chi connectivity index (χ2n) is 5.21. The van der Waals surface area contributed by atoms with E-state index in [2.05, 4.69) is 29.0 Å². The Morgan fingerprint density at radius 3 is 2.59 bits per heavy atom. The third kappa shape index (κ3) is 4.93. The number of benzene rings is 1. The van der Waals surface area contributed by atoms with Crippen LogP contribution in [0.2, 0.25) is 0 Å². The number of nitrogens with zero attached hydrogens (tertiary/aromatic N) is 2. The van der Waals surface area contributed by atoms with E-state index in [0.717, 1.165) is 43.9 Å². The quantitative estimate of drug-likeness (QED) is 0.722. The minimum atomic E-state index is -0.259. The van der Waals surface area contributed by atoms with E-state index < -0.39 is 0 Å². The molecule has 0 bridgehead atoms. The second-order valence-corrected chi connectivity index (χ2v) is 5.21. The van der Waals surface area contributed by atoms with Gasteiger partial charge in [-0.25, -0.2) is 9.37 Å². The Morgan fingerprint density at radius 1 is 1.18 bits per heavy atom. The van der Waals surface area contributed by atoms with E-state index in [1.165, 1.54) is 12.1 Å². The van der Waals surface area contributed by atoms with Gasteiger partial charge in [-0.05, 0) is 56.9 Å². The summed E-state index contributed by atoms with van der Waals surface area (Å²) in [4.78, 5) is 6.82. The zero-order valence-electron chi connectivity index (χ0n) is 13.3. The van der Waals surface area contributed by atoms with Crippen LogP contribution in [-0.4, -0.2) is 36.1 Å². The number of aromatic nitrogens is 1. The predicted octanol–water partition coefficient (Wildman–Crippen LogP) is 3.30. The minimum absolute atomic E-state index is 0.259. The van der Waals surface area contributed by atoms with Gasteiger partial charge in [0.2, 0.25) is 5.89 Å². The first kappa shape index (κ1) is 16.6. The highest BCUT2D eigenvalue weighted by atomic mass is 19.1. The summed E-state index contributed by atoms with van der Waals surface area (Å²) in [5, 5.41) is 3.37. The lowest BCUT2D eigenvalue weighted by Gasteiger charge is -2.17.